The van der Waals surface area contributed by atoms with Crippen molar-refractivity contribution in [3.63, 3.8) is 0 Å². The maximum atomic E-state index is 2.68. The predicted octanol–water partition coefficient (Wildman–Crippen LogP) is 4.91. The van der Waals surface area contributed by atoms with E-state index in [9.17, 15) is 0 Å². The first kappa shape index (κ1) is 14.1. The van der Waals surface area contributed by atoms with E-state index in [1.165, 1.54) is 24.9 Å². The maximum Gasteiger partial charge on any atom is 0.0853 e. The third kappa shape index (κ3) is 1.52. The largest absolute Gasteiger partial charge is 0.0853 e. The molecule has 1 aliphatic carbocycles. The van der Waals surface area contributed by atoms with E-state index >= 15 is 0 Å². The minimum absolute atomic E-state index is 0.371. The van der Waals surface area contributed by atoms with Crippen molar-refractivity contribution in [1.29, 1.82) is 0 Å². The Kier molecular flexibility index (Phi) is 2.34. The molecule has 0 radical (unpaired) electrons. The number of aryl methyl sites for hydroxylation is 1. The van der Waals surface area contributed by atoms with E-state index < -0.39 is 8.07 Å². The van der Waals surface area contributed by atoms with Gasteiger partial charge in [0.1, 0.15) is 0 Å². The zero-order chi connectivity index (χ0) is 15.4. The summed E-state index contributed by atoms with van der Waals surface area (Å²) in [6.45, 7) is 17.6. The van der Waals surface area contributed by atoms with Crippen LogP contribution in [0, 0.1) is 6.92 Å². The van der Waals surface area contributed by atoms with Crippen LogP contribution in [-0.2, 0) is 16.2 Å². The van der Waals surface area contributed by atoms with Crippen molar-refractivity contribution in [1.82, 2.24) is 0 Å². The van der Waals surface area contributed by atoms with Gasteiger partial charge in [-0.2, -0.15) is 0 Å². The molecule has 0 saturated carbocycles. The van der Waals surface area contributed by atoms with E-state index in [1.54, 1.807) is 16.7 Å². The number of benzene rings is 1. The molecule has 0 saturated heterocycles. The van der Waals surface area contributed by atoms with E-state index in [-0.39, 0.29) is 0 Å². The lowest BCUT2D eigenvalue weighted by molar-refractivity contribution is 0.363. The smallest absolute Gasteiger partial charge is 0.0652 e. The van der Waals surface area contributed by atoms with Gasteiger partial charge in [-0.15, -0.1) is 0 Å². The summed E-state index contributed by atoms with van der Waals surface area (Å²) >= 11 is 0. The van der Waals surface area contributed by atoms with Crippen LogP contribution in [0.3, 0.4) is 0 Å². The van der Waals surface area contributed by atoms with Crippen molar-refractivity contribution in [3.05, 3.63) is 28.3 Å². The average molecular weight is 299 g/mol. The van der Waals surface area contributed by atoms with Gasteiger partial charge in [-0.1, -0.05) is 58.5 Å². The minimum atomic E-state index is -1.24. The van der Waals surface area contributed by atoms with Crippen molar-refractivity contribution in [3.8, 4) is 0 Å². The van der Waals surface area contributed by atoms with E-state index in [2.05, 4.69) is 54.2 Å². The Morgan fingerprint density at radius 1 is 1.00 bits per heavy atom. The third-order valence-corrected chi connectivity index (χ3v) is 11.8. The zero-order valence-electron chi connectivity index (χ0n) is 14.9. The molecule has 2 atom stereocenters. The first-order valence-electron chi connectivity index (χ1n) is 8.70. The van der Waals surface area contributed by atoms with Gasteiger partial charge in [0.05, 0.1) is 8.07 Å². The molecular formula is C20H30Si. The molecule has 0 aromatic heterocycles. The molecule has 2 unspecified atom stereocenters. The number of rotatable bonds is 0. The highest BCUT2D eigenvalue weighted by atomic mass is 28.3. The molecule has 0 N–H and O–H groups in total. The molecule has 4 rings (SSSR count). The summed E-state index contributed by atoms with van der Waals surface area (Å²) in [5.74, 6) is 0. The Bertz CT molecular complexity index is 667. The molecular weight excluding hydrogens is 268 g/mol. The molecule has 21 heavy (non-hydrogen) atoms. The molecule has 114 valence electrons. The van der Waals surface area contributed by atoms with E-state index in [1.807, 2.05) is 10.8 Å². The Morgan fingerprint density at radius 3 is 2.33 bits per heavy atom. The lowest BCUT2D eigenvalue weighted by Crippen LogP contribution is -2.51. The quantitative estimate of drug-likeness (QED) is 0.597. The fourth-order valence-electron chi connectivity index (χ4n) is 6.74. The fourth-order valence-corrected chi connectivity index (χ4v) is 12.7. The monoisotopic (exact) mass is 298 g/mol. The van der Waals surface area contributed by atoms with Crippen LogP contribution in [0.25, 0.3) is 0 Å². The van der Waals surface area contributed by atoms with Gasteiger partial charge in [-0.25, -0.2) is 0 Å². The van der Waals surface area contributed by atoms with Gasteiger partial charge >= 0.3 is 0 Å². The minimum Gasteiger partial charge on any atom is -0.0652 e. The lowest BCUT2D eigenvalue weighted by Gasteiger charge is -2.40. The van der Waals surface area contributed by atoms with Crippen LogP contribution in [0.15, 0.2) is 6.07 Å². The van der Waals surface area contributed by atoms with Crippen molar-refractivity contribution in [2.75, 3.05) is 0 Å². The first-order chi connectivity index (χ1) is 9.50. The first-order valence-corrected chi connectivity index (χ1v) is 11.6. The summed E-state index contributed by atoms with van der Waals surface area (Å²) in [5.41, 5.74) is 8.13. The number of hydrogen-bond acceptors (Lipinski definition) is 0. The second-order valence-corrected chi connectivity index (χ2v) is 14.6. The van der Waals surface area contributed by atoms with Gasteiger partial charge in [0.2, 0.25) is 0 Å². The van der Waals surface area contributed by atoms with Crippen LogP contribution in [0.1, 0.15) is 69.7 Å². The van der Waals surface area contributed by atoms with Crippen LogP contribution >= 0.6 is 0 Å². The van der Waals surface area contributed by atoms with Gasteiger partial charge in [-0.3, -0.25) is 0 Å². The van der Waals surface area contributed by atoms with E-state index in [0.717, 1.165) is 0 Å². The van der Waals surface area contributed by atoms with Crippen LogP contribution in [-0.4, -0.2) is 8.07 Å². The van der Waals surface area contributed by atoms with Crippen LogP contribution in [0.4, 0.5) is 0 Å². The molecule has 1 aromatic rings. The van der Waals surface area contributed by atoms with Crippen LogP contribution in [0.2, 0.25) is 18.6 Å². The van der Waals surface area contributed by atoms with Crippen LogP contribution in [0.5, 0.6) is 0 Å². The zero-order valence-corrected chi connectivity index (χ0v) is 15.9. The summed E-state index contributed by atoms with van der Waals surface area (Å²) in [6, 6.07) is 5.58. The third-order valence-electron chi connectivity index (χ3n) is 7.03. The van der Waals surface area contributed by atoms with Gasteiger partial charge in [0.15, 0.2) is 0 Å². The Hall–Kier alpha value is -0.563. The second-order valence-electron chi connectivity index (χ2n) is 10.1. The highest BCUT2D eigenvalue weighted by Crippen LogP contribution is 2.59. The highest BCUT2D eigenvalue weighted by Gasteiger charge is 2.58. The van der Waals surface area contributed by atoms with Crippen molar-refractivity contribution >= 4 is 13.3 Å². The van der Waals surface area contributed by atoms with E-state index in [0.29, 0.717) is 16.2 Å². The summed E-state index contributed by atoms with van der Waals surface area (Å²) in [7, 11) is -1.24. The average Bonchev–Trinajstić information content (AvgIpc) is 2.65. The molecule has 1 heteroatoms. The highest BCUT2D eigenvalue weighted by molar-refractivity contribution is 6.93. The normalized spacial score (nSPS) is 37.7. The maximum absolute atomic E-state index is 2.68. The topological polar surface area (TPSA) is 0 Å². The van der Waals surface area contributed by atoms with Gasteiger partial charge in [-0.05, 0) is 64.3 Å². The van der Waals surface area contributed by atoms with Gasteiger partial charge in [0.25, 0.3) is 0 Å². The molecule has 0 fully saturated rings. The SMILES string of the molecule is Cc1cc2c3c4c1C(C)(C)CC4(C)CC[Si]3(C)CC2(C)C. The predicted molar refractivity (Wildman–Crippen MR) is 94.7 cm³/mol. The van der Waals surface area contributed by atoms with Crippen molar-refractivity contribution in [2.45, 2.75) is 89.3 Å². The summed E-state index contributed by atoms with van der Waals surface area (Å²) in [5, 5.41) is 1.91. The number of hydrogen-bond donors (Lipinski definition) is 0. The standard InChI is InChI=1S/C20H30Si/c1-13-10-14-17-16-15(13)18(2,3)11-20(16,6)8-9-21(17,7)12-19(14,4)5/h10H,8-9,11-12H2,1-7H3. The molecule has 2 heterocycles. The lowest BCUT2D eigenvalue weighted by atomic mass is 9.77. The molecule has 2 aliphatic heterocycles. The Labute approximate surface area is 131 Å². The Balaban J connectivity index is 2.17. The molecule has 0 amide bonds. The summed E-state index contributed by atoms with van der Waals surface area (Å²) < 4.78 is 0. The summed E-state index contributed by atoms with van der Waals surface area (Å²) in [6.07, 6.45) is 2.80. The van der Waals surface area contributed by atoms with Gasteiger partial charge in [0, 0.05) is 0 Å². The molecule has 3 aliphatic rings. The molecule has 0 spiro atoms. The summed E-state index contributed by atoms with van der Waals surface area (Å²) in [4.78, 5) is 0. The van der Waals surface area contributed by atoms with Crippen molar-refractivity contribution in [2.24, 2.45) is 0 Å². The molecule has 0 bridgehead atoms. The van der Waals surface area contributed by atoms with Crippen LogP contribution < -0.4 is 5.19 Å². The van der Waals surface area contributed by atoms with Gasteiger partial charge < -0.3 is 0 Å². The van der Waals surface area contributed by atoms with Crippen molar-refractivity contribution < 1.29 is 0 Å². The van der Waals surface area contributed by atoms with E-state index in [4.69, 9.17) is 0 Å². The molecule has 0 nitrogen and oxygen atoms in total. The fraction of sp³-hybridized carbons (Fsp3) is 0.700. The second kappa shape index (κ2) is 3.50. The Morgan fingerprint density at radius 2 is 1.67 bits per heavy atom. The molecule has 1 aromatic carbocycles.